The van der Waals surface area contributed by atoms with Gasteiger partial charge in [-0.15, -0.1) is 5.10 Å². The van der Waals surface area contributed by atoms with Crippen LogP contribution < -0.4 is 5.32 Å². The van der Waals surface area contributed by atoms with E-state index in [0.29, 0.717) is 21.6 Å². The molecule has 0 radical (unpaired) electrons. The monoisotopic (exact) mass is 422 g/mol. The van der Waals surface area contributed by atoms with Crippen molar-refractivity contribution in [2.24, 2.45) is 0 Å². The van der Waals surface area contributed by atoms with Crippen LogP contribution in [0.3, 0.4) is 0 Å². The standard InChI is InChI=1S/C22H16Cl2N4O/c1-14-16(23)11-7-13-19(14)28-21(15-8-3-2-4-9-15)26-20(27-28)22(29)25-18-12-6-5-10-17(18)24/h2-13H,1H3,(H,25,29). The van der Waals surface area contributed by atoms with Crippen molar-refractivity contribution in [2.45, 2.75) is 6.92 Å². The van der Waals surface area contributed by atoms with Crippen LogP contribution in [0.1, 0.15) is 16.2 Å². The molecule has 4 aromatic rings. The second kappa shape index (κ2) is 8.07. The highest BCUT2D eigenvalue weighted by Gasteiger charge is 2.20. The maximum Gasteiger partial charge on any atom is 0.295 e. The molecule has 0 atom stereocenters. The topological polar surface area (TPSA) is 59.8 Å². The first-order valence-corrected chi connectivity index (χ1v) is 9.64. The molecule has 0 aliphatic carbocycles. The Morgan fingerprint density at radius 3 is 2.34 bits per heavy atom. The summed E-state index contributed by atoms with van der Waals surface area (Å²) in [7, 11) is 0. The lowest BCUT2D eigenvalue weighted by Gasteiger charge is -2.10. The van der Waals surface area contributed by atoms with Crippen molar-refractivity contribution >= 4 is 34.8 Å². The van der Waals surface area contributed by atoms with Crippen molar-refractivity contribution < 1.29 is 4.79 Å². The van der Waals surface area contributed by atoms with Crippen LogP contribution in [0.2, 0.25) is 10.0 Å². The molecule has 0 aliphatic rings. The number of rotatable bonds is 4. The van der Waals surface area contributed by atoms with E-state index in [-0.39, 0.29) is 5.82 Å². The van der Waals surface area contributed by atoms with Gasteiger partial charge in [-0.2, -0.15) is 0 Å². The summed E-state index contributed by atoms with van der Waals surface area (Å²) in [5.41, 5.74) is 2.92. The molecule has 1 heterocycles. The van der Waals surface area contributed by atoms with Crippen LogP contribution in [0.4, 0.5) is 5.69 Å². The molecule has 0 bridgehead atoms. The third kappa shape index (κ3) is 3.88. The quantitative estimate of drug-likeness (QED) is 0.451. The van der Waals surface area contributed by atoms with Crippen LogP contribution in [0.15, 0.2) is 72.8 Å². The SMILES string of the molecule is Cc1c(Cl)cccc1-n1nc(C(=O)Nc2ccccc2Cl)nc1-c1ccccc1. The Hall–Kier alpha value is -3.15. The molecular weight excluding hydrogens is 407 g/mol. The van der Waals surface area contributed by atoms with Gasteiger partial charge in [-0.3, -0.25) is 4.79 Å². The largest absolute Gasteiger partial charge is 0.318 e. The zero-order chi connectivity index (χ0) is 20.4. The predicted molar refractivity (Wildman–Crippen MR) is 116 cm³/mol. The summed E-state index contributed by atoms with van der Waals surface area (Å²) in [5, 5.41) is 8.29. The molecule has 0 fully saturated rings. The molecule has 0 saturated carbocycles. The van der Waals surface area contributed by atoms with Crippen LogP contribution >= 0.6 is 23.2 Å². The normalized spacial score (nSPS) is 10.7. The average Bonchev–Trinajstić information content (AvgIpc) is 3.18. The summed E-state index contributed by atoms with van der Waals surface area (Å²) in [4.78, 5) is 17.3. The summed E-state index contributed by atoms with van der Waals surface area (Å²) < 4.78 is 1.64. The van der Waals surface area contributed by atoms with Crippen molar-refractivity contribution in [3.63, 3.8) is 0 Å². The van der Waals surface area contributed by atoms with Crippen LogP contribution in [0.5, 0.6) is 0 Å². The Morgan fingerprint density at radius 2 is 1.59 bits per heavy atom. The number of hydrogen-bond donors (Lipinski definition) is 1. The Bertz CT molecular complexity index is 1190. The van der Waals surface area contributed by atoms with Gasteiger partial charge in [0.2, 0.25) is 5.82 Å². The van der Waals surface area contributed by atoms with E-state index >= 15 is 0 Å². The van der Waals surface area contributed by atoms with E-state index in [2.05, 4.69) is 15.4 Å². The van der Waals surface area contributed by atoms with Gasteiger partial charge in [0.05, 0.1) is 16.4 Å². The third-order valence-electron chi connectivity index (χ3n) is 4.43. The summed E-state index contributed by atoms with van der Waals surface area (Å²) in [5.74, 6) is 0.122. The molecule has 0 aliphatic heterocycles. The first-order valence-electron chi connectivity index (χ1n) is 8.88. The zero-order valence-corrected chi connectivity index (χ0v) is 16.9. The second-order valence-electron chi connectivity index (χ2n) is 6.35. The Kier molecular flexibility index (Phi) is 5.34. The molecule has 1 N–H and O–H groups in total. The number of hydrogen-bond acceptors (Lipinski definition) is 3. The van der Waals surface area contributed by atoms with Gasteiger partial charge in [0.1, 0.15) is 0 Å². The summed E-state index contributed by atoms with van der Waals surface area (Å²) in [6.45, 7) is 1.90. The zero-order valence-electron chi connectivity index (χ0n) is 15.4. The van der Waals surface area contributed by atoms with Crippen LogP contribution in [-0.2, 0) is 0 Å². The number of aromatic nitrogens is 3. The van der Waals surface area contributed by atoms with Crippen molar-refractivity contribution in [3.05, 3.63) is 94.2 Å². The molecule has 1 amide bonds. The lowest BCUT2D eigenvalue weighted by Crippen LogP contribution is -2.14. The lowest BCUT2D eigenvalue weighted by molar-refractivity contribution is 0.101. The van der Waals surface area contributed by atoms with Crippen LogP contribution in [-0.4, -0.2) is 20.7 Å². The van der Waals surface area contributed by atoms with Gasteiger partial charge in [-0.05, 0) is 36.8 Å². The number of benzene rings is 3. The number of amides is 1. The molecule has 3 aromatic carbocycles. The summed E-state index contributed by atoms with van der Waals surface area (Å²) >= 11 is 12.4. The van der Waals surface area contributed by atoms with E-state index < -0.39 is 5.91 Å². The lowest BCUT2D eigenvalue weighted by atomic mass is 10.2. The summed E-state index contributed by atoms with van der Waals surface area (Å²) in [6.07, 6.45) is 0. The molecule has 5 nitrogen and oxygen atoms in total. The Morgan fingerprint density at radius 1 is 0.897 bits per heavy atom. The van der Waals surface area contributed by atoms with E-state index in [1.165, 1.54) is 0 Å². The minimum absolute atomic E-state index is 0.0307. The average molecular weight is 423 g/mol. The van der Waals surface area contributed by atoms with Gasteiger partial charge in [-0.1, -0.05) is 71.7 Å². The van der Waals surface area contributed by atoms with E-state index in [1.807, 2.05) is 55.5 Å². The van der Waals surface area contributed by atoms with Gasteiger partial charge >= 0.3 is 0 Å². The minimum Gasteiger partial charge on any atom is -0.318 e. The van der Waals surface area contributed by atoms with Crippen LogP contribution in [0.25, 0.3) is 17.1 Å². The number of nitrogens with zero attached hydrogens (tertiary/aromatic N) is 3. The first kappa shape index (κ1) is 19.2. The molecule has 4 rings (SSSR count). The van der Waals surface area contributed by atoms with Crippen molar-refractivity contribution in [1.29, 1.82) is 0 Å². The highest BCUT2D eigenvalue weighted by Crippen LogP contribution is 2.27. The van der Waals surface area contributed by atoms with Gasteiger partial charge < -0.3 is 5.32 Å². The molecule has 29 heavy (non-hydrogen) atoms. The number of nitrogens with one attached hydrogen (secondary N) is 1. The van der Waals surface area contributed by atoms with E-state index in [4.69, 9.17) is 23.2 Å². The number of para-hydroxylation sites is 1. The van der Waals surface area contributed by atoms with Gasteiger partial charge in [-0.25, -0.2) is 9.67 Å². The minimum atomic E-state index is -0.450. The molecule has 7 heteroatoms. The van der Waals surface area contributed by atoms with E-state index in [9.17, 15) is 4.79 Å². The molecule has 1 aromatic heterocycles. The van der Waals surface area contributed by atoms with Crippen LogP contribution in [0, 0.1) is 6.92 Å². The Labute approximate surface area is 177 Å². The second-order valence-corrected chi connectivity index (χ2v) is 7.17. The number of anilines is 1. The number of carbonyl (C=O) groups is 1. The number of carbonyl (C=O) groups excluding carboxylic acids is 1. The fourth-order valence-corrected chi connectivity index (χ4v) is 3.27. The van der Waals surface area contributed by atoms with Gasteiger partial charge in [0, 0.05) is 10.6 Å². The third-order valence-corrected chi connectivity index (χ3v) is 5.17. The molecule has 0 saturated heterocycles. The fraction of sp³-hybridized carbons (Fsp3) is 0.0455. The van der Waals surface area contributed by atoms with Gasteiger partial charge in [0.25, 0.3) is 5.91 Å². The predicted octanol–water partition coefficient (Wildman–Crippen LogP) is 5.80. The van der Waals surface area contributed by atoms with Crippen molar-refractivity contribution in [2.75, 3.05) is 5.32 Å². The molecular formula is C22H16Cl2N4O. The van der Waals surface area contributed by atoms with Gasteiger partial charge in [0.15, 0.2) is 5.82 Å². The molecule has 0 spiro atoms. The molecule has 0 unspecified atom stereocenters. The fourth-order valence-electron chi connectivity index (χ4n) is 2.92. The smallest absolute Gasteiger partial charge is 0.295 e. The van der Waals surface area contributed by atoms with E-state index in [1.54, 1.807) is 28.9 Å². The number of halogens is 2. The van der Waals surface area contributed by atoms with Crippen molar-refractivity contribution in [3.8, 4) is 17.1 Å². The van der Waals surface area contributed by atoms with Crippen molar-refractivity contribution in [1.82, 2.24) is 14.8 Å². The maximum atomic E-state index is 12.8. The van der Waals surface area contributed by atoms with E-state index in [0.717, 1.165) is 16.8 Å². The highest BCUT2D eigenvalue weighted by molar-refractivity contribution is 6.33. The maximum absolute atomic E-state index is 12.8. The first-order chi connectivity index (χ1) is 14.0. The highest BCUT2D eigenvalue weighted by atomic mass is 35.5. The summed E-state index contributed by atoms with van der Waals surface area (Å²) in [6, 6.07) is 22.1. The molecule has 144 valence electrons. The Balaban J connectivity index is 1.81.